The highest BCUT2D eigenvalue weighted by Crippen LogP contribution is 2.17. The van der Waals surface area contributed by atoms with Crippen LogP contribution in [0, 0.1) is 0 Å². The Balaban J connectivity index is 1.77. The van der Waals surface area contributed by atoms with Gasteiger partial charge in [0.1, 0.15) is 5.82 Å². The lowest BCUT2D eigenvalue weighted by Gasteiger charge is -2.01. The summed E-state index contributed by atoms with van der Waals surface area (Å²) < 4.78 is 5.27. The normalized spacial score (nSPS) is 12.9. The highest BCUT2D eigenvalue weighted by Gasteiger charge is 2.14. The predicted octanol–water partition coefficient (Wildman–Crippen LogP) is 1.99. The molecule has 6 heteroatoms. The van der Waals surface area contributed by atoms with E-state index in [2.05, 4.69) is 20.1 Å². The van der Waals surface area contributed by atoms with Gasteiger partial charge in [0.15, 0.2) is 5.82 Å². The van der Waals surface area contributed by atoms with E-state index in [-0.39, 0.29) is 5.92 Å². The molecular formula is C14H17N5O. The number of nitrogens with two attached hydrogens (primary N) is 1. The lowest BCUT2D eigenvalue weighted by molar-refractivity contribution is 0.351. The van der Waals surface area contributed by atoms with Gasteiger partial charge < -0.3 is 15.2 Å². The Morgan fingerprint density at radius 1 is 1.30 bits per heavy atom. The van der Waals surface area contributed by atoms with Gasteiger partial charge in [-0.15, -0.1) is 0 Å². The van der Waals surface area contributed by atoms with E-state index in [4.69, 9.17) is 10.3 Å². The molecule has 3 aromatic rings. The molecule has 2 aromatic heterocycles. The van der Waals surface area contributed by atoms with E-state index in [9.17, 15) is 0 Å². The van der Waals surface area contributed by atoms with Crippen LogP contribution in [0.15, 0.2) is 28.8 Å². The minimum atomic E-state index is 0.192. The number of imidazole rings is 1. The van der Waals surface area contributed by atoms with Crippen LogP contribution in [0.3, 0.4) is 0 Å². The molecule has 1 unspecified atom stereocenters. The van der Waals surface area contributed by atoms with E-state index in [0.717, 1.165) is 23.3 Å². The molecular weight excluding hydrogens is 254 g/mol. The summed E-state index contributed by atoms with van der Waals surface area (Å²) in [5, 5.41) is 4.00. The zero-order chi connectivity index (χ0) is 13.9. The van der Waals surface area contributed by atoms with Crippen LogP contribution in [0.25, 0.3) is 11.0 Å². The lowest BCUT2D eigenvalue weighted by Crippen LogP contribution is -2.05. The van der Waals surface area contributed by atoms with Crippen LogP contribution in [0.1, 0.15) is 36.8 Å². The molecule has 0 aliphatic rings. The molecule has 20 heavy (non-hydrogen) atoms. The summed E-state index contributed by atoms with van der Waals surface area (Å²) in [6.45, 7) is 2.65. The van der Waals surface area contributed by atoms with E-state index in [1.54, 1.807) is 0 Å². The number of nitrogens with one attached hydrogen (secondary N) is 1. The first-order chi connectivity index (χ1) is 9.76. The first-order valence-electron chi connectivity index (χ1n) is 6.72. The number of benzene rings is 1. The third-order valence-corrected chi connectivity index (χ3v) is 3.27. The van der Waals surface area contributed by atoms with Gasteiger partial charge in [0.05, 0.1) is 17.5 Å². The van der Waals surface area contributed by atoms with Gasteiger partial charge in [0.2, 0.25) is 5.89 Å². The molecule has 0 fully saturated rings. The second-order valence-electron chi connectivity index (χ2n) is 4.90. The molecule has 2 heterocycles. The number of aromatic amines is 1. The number of para-hydroxylation sites is 2. The summed E-state index contributed by atoms with van der Waals surface area (Å²) in [6, 6.07) is 7.91. The van der Waals surface area contributed by atoms with Gasteiger partial charge in [0, 0.05) is 5.92 Å². The van der Waals surface area contributed by atoms with Crippen molar-refractivity contribution in [2.45, 2.75) is 25.7 Å². The predicted molar refractivity (Wildman–Crippen MR) is 75.3 cm³/mol. The molecule has 1 atom stereocenters. The van der Waals surface area contributed by atoms with Crippen LogP contribution in [0.4, 0.5) is 0 Å². The van der Waals surface area contributed by atoms with Gasteiger partial charge in [-0.2, -0.15) is 4.98 Å². The van der Waals surface area contributed by atoms with E-state index < -0.39 is 0 Å². The Bertz CT molecular complexity index is 669. The van der Waals surface area contributed by atoms with Gasteiger partial charge in [-0.05, 0) is 25.1 Å². The molecule has 0 amide bonds. The molecule has 104 valence electrons. The Kier molecular flexibility index (Phi) is 3.47. The quantitative estimate of drug-likeness (QED) is 0.740. The van der Waals surface area contributed by atoms with Gasteiger partial charge in [-0.3, -0.25) is 0 Å². The Labute approximate surface area is 116 Å². The smallest absolute Gasteiger partial charge is 0.229 e. The SMILES string of the molecule is CC(CCN)c1nc(Cc2nc3ccccc3[nH]2)no1. The summed E-state index contributed by atoms with van der Waals surface area (Å²) in [5.41, 5.74) is 7.50. The monoisotopic (exact) mass is 271 g/mol. The summed E-state index contributed by atoms with van der Waals surface area (Å²) in [4.78, 5) is 12.2. The largest absolute Gasteiger partial charge is 0.342 e. The number of hydrogen-bond donors (Lipinski definition) is 2. The molecule has 0 saturated carbocycles. The highest BCUT2D eigenvalue weighted by molar-refractivity contribution is 5.74. The second-order valence-corrected chi connectivity index (χ2v) is 4.90. The van der Waals surface area contributed by atoms with Crippen molar-refractivity contribution in [1.82, 2.24) is 20.1 Å². The van der Waals surface area contributed by atoms with Crippen molar-refractivity contribution in [1.29, 1.82) is 0 Å². The van der Waals surface area contributed by atoms with Crippen LogP contribution in [0.2, 0.25) is 0 Å². The van der Waals surface area contributed by atoms with Crippen LogP contribution < -0.4 is 5.73 Å². The fraction of sp³-hybridized carbons (Fsp3) is 0.357. The van der Waals surface area contributed by atoms with E-state index in [1.807, 2.05) is 31.2 Å². The summed E-state index contributed by atoms with van der Waals surface area (Å²) >= 11 is 0. The number of H-pyrrole nitrogens is 1. The van der Waals surface area contributed by atoms with Crippen molar-refractivity contribution in [3.63, 3.8) is 0 Å². The zero-order valence-corrected chi connectivity index (χ0v) is 11.3. The molecule has 0 radical (unpaired) electrons. The van der Waals surface area contributed by atoms with Crippen LogP contribution in [-0.2, 0) is 6.42 Å². The molecule has 6 nitrogen and oxygen atoms in total. The van der Waals surface area contributed by atoms with E-state index >= 15 is 0 Å². The van der Waals surface area contributed by atoms with Gasteiger partial charge in [-0.25, -0.2) is 4.98 Å². The van der Waals surface area contributed by atoms with Crippen LogP contribution >= 0.6 is 0 Å². The number of nitrogens with zero attached hydrogens (tertiary/aromatic N) is 3. The van der Waals surface area contributed by atoms with Crippen molar-refractivity contribution in [3.8, 4) is 0 Å². The van der Waals surface area contributed by atoms with Gasteiger partial charge in [-0.1, -0.05) is 24.2 Å². The number of hydrogen-bond acceptors (Lipinski definition) is 5. The van der Waals surface area contributed by atoms with Crippen LogP contribution in [0.5, 0.6) is 0 Å². The van der Waals surface area contributed by atoms with E-state index in [0.29, 0.717) is 24.7 Å². The van der Waals surface area contributed by atoms with Crippen molar-refractivity contribution in [2.75, 3.05) is 6.54 Å². The maximum atomic E-state index is 5.54. The average molecular weight is 271 g/mol. The molecule has 0 bridgehead atoms. The Morgan fingerprint density at radius 2 is 2.15 bits per heavy atom. The summed E-state index contributed by atoms with van der Waals surface area (Å²) in [7, 11) is 0. The maximum Gasteiger partial charge on any atom is 0.229 e. The topological polar surface area (TPSA) is 93.6 Å². The third-order valence-electron chi connectivity index (χ3n) is 3.27. The Hall–Kier alpha value is -2.21. The highest BCUT2D eigenvalue weighted by atomic mass is 16.5. The standard InChI is InChI=1S/C14H17N5O/c1-9(6-7-15)14-18-13(19-20-14)8-12-16-10-4-2-3-5-11(10)17-12/h2-5,9H,6-8,15H2,1H3,(H,16,17). The summed E-state index contributed by atoms with van der Waals surface area (Å²) in [6.07, 6.45) is 1.37. The van der Waals surface area contributed by atoms with E-state index in [1.165, 1.54) is 0 Å². The summed E-state index contributed by atoms with van der Waals surface area (Å²) in [5.74, 6) is 2.31. The van der Waals surface area contributed by atoms with Gasteiger partial charge >= 0.3 is 0 Å². The van der Waals surface area contributed by atoms with Crippen molar-refractivity contribution < 1.29 is 4.52 Å². The minimum Gasteiger partial charge on any atom is -0.342 e. The Morgan fingerprint density at radius 3 is 2.95 bits per heavy atom. The van der Waals surface area contributed by atoms with Crippen molar-refractivity contribution in [2.24, 2.45) is 5.73 Å². The average Bonchev–Trinajstić information content (AvgIpc) is 3.05. The number of rotatable bonds is 5. The lowest BCUT2D eigenvalue weighted by atomic mass is 10.1. The number of fused-ring (bicyclic) bond motifs is 1. The molecule has 3 rings (SSSR count). The van der Waals surface area contributed by atoms with Crippen molar-refractivity contribution >= 4 is 11.0 Å². The van der Waals surface area contributed by atoms with Crippen molar-refractivity contribution in [3.05, 3.63) is 41.8 Å². The first-order valence-corrected chi connectivity index (χ1v) is 6.72. The minimum absolute atomic E-state index is 0.192. The third kappa shape index (κ3) is 2.55. The molecule has 1 aromatic carbocycles. The molecule has 0 spiro atoms. The molecule has 0 aliphatic carbocycles. The first kappa shape index (κ1) is 12.8. The second kappa shape index (κ2) is 5.42. The molecule has 0 saturated heterocycles. The maximum absolute atomic E-state index is 5.54. The molecule has 0 aliphatic heterocycles. The number of aromatic nitrogens is 4. The van der Waals surface area contributed by atoms with Crippen LogP contribution in [-0.4, -0.2) is 26.7 Å². The molecule has 3 N–H and O–H groups in total. The fourth-order valence-electron chi connectivity index (χ4n) is 2.15. The fourth-order valence-corrected chi connectivity index (χ4v) is 2.15. The van der Waals surface area contributed by atoms with Gasteiger partial charge in [0.25, 0.3) is 0 Å². The zero-order valence-electron chi connectivity index (χ0n) is 11.3.